The molecule has 0 aromatic carbocycles. The van der Waals surface area contributed by atoms with Crippen LogP contribution in [0.1, 0.15) is 6.42 Å². The lowest BCUT2D eigenvalue weighted by molar-refractivity contribution is -0.148. The zero-order valence-electron chi connectivity index (χ0n) is 4.78. The van der Waals surface area contributed by atoms with Gasteiger partial charge in [0.25, 0.3) is 0 Å². The summed E-state index contributed by atoms with van der Waals surface area (Å²) in [6.07, 6.45) is -1.30. The van der Waals surface area contributed by atoms with Crippen LogP contribution in [0.25, 0.3) is 0 Å². The summed E-state index contributed by atoms with van der Waals surface area (Å²) < 4.78 is 4.48. The summed E-state index contributed by atoms with van der Waals surface area (Å²) >= 11 is 0. The Labute approximate surface area is 52.1 Å². The third kappa shape index (κ3) is 1.20. The van der Waals surface area contributed by atoms with Gasteiger partial charge in [0.15, 0.2) is 6.10 Å². The van der Waals surface area contributed by atoms with Gasteiger partial charge in [-0.05, 0) is 0 Å². The van der Waals surface area contributed by atoms with Crippen molar-refractivity contribution in [2.24, 2.45) is 0 Å². The summed E-state index contributed by atoms with van der Waals surface area (Å²) in [6.45, 7) is -0.206. The molecule has 4 heteroatoms. The van der Waals surface area contributed by atoms with E-state index < -0.39 is 18.2 Å². The second-order valence-electron chi connectivity index (χ2n) is 1.99. The number of cyclic esters (lactones) is 1. The molecule has 1 aliphatic heterocycles. The molecular weight excluding hydrogens is 124 g/mol. The first-order valence-electron chi connectivity index (χ1n) is 2.73. The lowest BCUT2D eigenvalue weighted by Gasteiger charge is -2.00. The predicted molar refractivity (Wildman–Crippen MR) is 27.6 cm³/mol. The second kappa shape index (κ2) is 2.33. The molecule has 1 rings (SSSR count). The fraction of sp³-hybridized carbons (Fsp3) is 0.800. The van der Waals surface area contributed by atoms with Gasteiger partial charge >= 0.3 is 5.97 Å². The first-order valence-corrected chi connectivity index (χ1v) is 2.73. The lowest BCUT2D eigenvalue weighted by Crippen LogP contribution is -2.11. The van der Waals surface area contributed by atoms with Crippen LogP contribution >= 0.6 is 0 Å². The minimum atomic E-state index is -1.03. The van der Waals surface area contributed by atoms with Crippen LogP contribution in [0.3, 0.4) is 0 Å². The van der Waals surface area contributed by atoms with Crippen LogP contribution in [-0.4, -0.2) is 35.0 Å². The fourth-order valence-corrected chi connectivity index (χ4v) is 0.748. The molecule has 0 unspecified atom stereocenters. The molecule has 0 amide bonds. The highest BCUT2D eigenvalue weighted by Crippen LogP contribution is 2.13. The van der Waals surface area contributed by atoms with Gasteiger partial charge in [-0.25, -0.2) is 4.79 Å². The standard InChI is InChI=1S/C5H8O4/c6-2-3-1-4(7)5(8)9-3/h3-4,6-7H,1-2H2/t3-,4-/m0/s1. The van der Waals surface area contributed by atoms with Gasteiger partial charge in [0.1, 0.15) is 6.10 Å². The predicted octanol–water partition coefficient (Wildman–Crippen LogP) is -1.34. The molecule has 1 fully saturated rings. The molecule has 2 N–H and O–H groups in total. The van der Waals surface area contributed by atoms with Crippen molar-refractivity contribution in [1.82, 2.24) is 0 Å². The maximum Gasteiger partial charge on any atom is 0.335 e. The monoisotopic (exact) mass is 132 g/mol. The van der Waals surface area contributed by atoms with Gasteiger partial charge in [-0.3, -0.25) is 0 Å². The number of rotatable bonds is 1. The highest BCUT2D eigenvalue weighted by Gasteiger charge is 2.31. The van der Waals surface area contributed by atoms with Gasteiger partial charge in [0.05, 0.1) is 6.61 Å². The molecule has 2 atom stereocenters. The molecule has 52 valence electrons. The minimum Gasteiger partial charge on any atom is -0.458 e. The Bertz CT molecular complexity index is 122. The van der Waals surface area contributed by atoms with E-state index in [0.717, 1.165) is 0 Å². The first-order chi connectivity index (χ1) is 4.24. The fourth-order valence-electron chi connectivity index (χ4n) is 0.748. The minimum absolute atomic E-state index is 0.206. The Kier molecular flexibility index (Phi) is 1.68. The Morgan fingerprint density at radius 2 is 2.44 bits per heavy atom. The van der Waals surface area contributed by atoms with E-state index in [0.29, 0.717) is 0 Å². The number of carbonyl (C=O) groups is 1. The maximum atomic E-state index is 10.4. The first kappa shape index (κ1) is 6.51. The van der Waals surface area contributed by atoms with Crippen LogP contribution in [0.15, 0.2) is 0 Å². The van der Waals surface area contributed by atoms with Gasteiger partial charge in [0.2, 0.25) is 0 Å². The highest BCUT2D eigenvalue weighted by atomic mass is 16.6. The van der Waals surface area contributed by atoms with Crippen molar-refractivity contribution < 1.29 is 19.7 Å². The smallest absolute Gasteiger partial charge is 0.335 e. The average molecular weight is 132 g/mol. The molecule has 9 heavy (non-hydrogen) atoms. The van der Waals surface area contributed by atoms with E-state index >= 15 is 0 Å². The zero-order chi connectivity index (χ0) is 6.85. The molecule has 0 radical (unpaired) electrons. The van der Waals surface area contributed by atoms with Crippen LogP contribution in [-0.2, 0) is 9.53 Å². The zero-order valence-corrected chi connectivity index (χ0v) is 4.78. The molecule has 1 heterocycles. The molecule has 0 aromatic heterocycles. The van der Waals surface area contributed by atoms with E-state index in [9.17, 15) is 4.79 Å². The number of ether oxygens (including phenoxy) is 1. The van der Waals surface area contributed by atoms with E-state index in [1.54, 1.807) is 0 Å². The number of esters is 1. The summed E-state index contributed by atoms with van der Waals surface area (Å²) in [4.78, 5) is 10.4. The van der Waals surface area contributed by atoms with Gasteiger partial charge in [-0.15, -0.1) is 0 Å². The van der Waals surface area contributed by atoms with Gasteiger partial charge < -0.3 is 14.9 Å². The summed E-state index contributed by atoms with van der Waals surface area (Å²) in [7, 11) is 0. The normalized spacial score (nSPS) is 34.7. The van der Waals surface area contributed by atoms with E-state index in [-0.39, 0.29) is 13.0 Å². The molecule has 1 aliphatic rings. The summed E-state index contributed by atoms with van der Waals surface area (Å²) in [5.74, 6) is -0.631. The van der Waals surface area contributed by atoms with E-state index in [4.69, 9.17) is 10.2 Å². The third-order valence-corrected chi connectivity index (χ3v) is 1.24. The van der Waals surface area contributed by atoms with Crippen molar-refractivity contribution >= 4 is 5.97 Å². The van der Waals surface area contributed by atoms with Crippen molar-refractivity contribution in [2.45, 2.75) is 18.6 Å². The quantitative estimate of drug-likeness (QED) is 0.433. The molecule has 1 saturated heterocycles. The van der Waals surface area contributed by atoms with Gasteiger partial charge in [-0.2, -0.15) is 0 Å². The molecular formula is C5H8O4. The third-order valence-electron chi connectivity index (χ3n) is 1.24. The number of aliphatic hydroxyl groups is 2. The van der Waals surface area contributed by atoms with Gasteiger partial charge in [-0.1, -0.05) is 0 Å². The molecule has 0 aromatic rings. The van der Waals surface area contributed by atoms with Crippen LogP contribution in [0.4, 0.5) is 0 Å². The highest BCUT2D eigenvalue weighted by molar-refractivity contribution is 5.76. The average Bonchev–Trinajstić information content (AvgIpc) is 2.13. The van der Waals surface area contributed by atoms with Crippen molar-refractivity contribution in [3.05, 3.63) is 0 Å². The summed E-state index contributed by atoms with van der Waals surface area (Å²) in [5, 5.41) is 17.1. The Hall–Kier alpha value is -0.610. The van der Waals surface area contributed by atoms with Crippen molar-refractivity contribution in [3.63, 3.8) is 0 Å². The molecule has 0 spiro atoms. The Morgan fingerprint density at radius 1 is 1.78 bits per heavy atom. The number of carbonyl (C=O) groups excluding carboxylic acids is 1. The maximum absolute atomic E-state index is 10.4. The van der Waals surface area contributed by atoms with E-state index in [1.807, 2.05) is 0 Å². The van der Waals surface area contributed by atoms with Crippen LogP contribution in [0, 0.1) is 0 Å². The SMILES string of the molecule is O=C1O[C@H](CO)C[C@@H]1O. The van der Waals surface area contributed by atoms with Crippen molar-refractivity contribution in [2.75, 3.05) is 6.61 Å². The van der Waals surface area contributed by atoms with E-state index in [2.05, 4.69) is 4.74 Å². The largest absolute Gasteiger partial charge is 0.458 e. The molecule has 4 nitrogen and oxygen atoms in total. The van der Waals surface area contributed by atoms with Gasteiger partial charge in [0, 0.05) is 6.42 Å². The van der Waals surface area contributed by atoms with Crippen LogP contribution < -0.4 is 0 Å². The Balaban J connectivity index is 2.44. The van der Waals surface area contributed by atoms with Crippen LogP contribution in [0.2, 0.25) is 0 Å². The second-order valence-corrected chi connectivity index (χ2v) is 1.99. The number of hydrogen-bond acceptors (Lipinski definition) is 4. The summed E-state index contributed by atoms with van der Waals surface area (Å²) in [6, 6.07) is 0. The Morgan fingerprint density at radius 3 is 2.67 bits per heavy atom. The lowest BCUT2D eigenvalue weighted by atomic mass is 10.2. The topological polar surface area (TPSA) is 66.8 Å². The summed E-state index contributed by atoms with van der Waals surface area (Å²) in [5.41, 5.74) is 0. The molecule has 0 saturated carbocycles. The van der Waals surface area contributed by atoms with Crippen LogP contribution in [0.5, 0.6) is 0 Å². The van der Waals surface area contributed by atoms with Crippen molar-refractivity contribution in [3.8, 4) is 0 Å². The number of hydrogen-bond donors (Lipinski definition) is 2. The van der Waals surface area contributed by atoms with Crippen molar-refractivity contribution in [1.29, 1.82) is 0 Å². The van der Waals surface area contributed by atoms with E-state index in [1.165, 1.54) is 0 Å². The molecule has 0 bridgehead atoms. The molecule has 0 aliphatic carbocycles. The number of aliphatic hydroxyl groups excluding tert-OH is 2.